The number of nitrogens with one attached hydrogen (secondary N) is 1. The lowest BCUT2D eigenvalue weighted by molar-refractivity contribution is -0.125. The van der Waals surface area contributed by atoms with E-state index >= 15 is 0 Å². The number of rotatable bonds is 6. The first-order valence-corrected chi connectivity index (χ1v) is 12.0. The van der Waals surface area contributed by atoms with Crippen molar-refractivity contribution in [1.29, 1.82) is 0 Å². The number of aryl methyl sites for hydroxylation is 1. The predicted octanol–water partition coefficient (Wildman–Crippen LogP) is 4.31. The number of benzene rings is 2. The number of imidazole rings is 1. The molecule has 7 nitrogen and oxygen atoms in total. The number of fused-ring (bicyclic) bond motifs is 1. The highest BCUT2D eigenvalue weighted by Crippen LogP contribution is 2.30. The van der Waals surface area contributed by atoms with Gasteiger partial charge in [0.25, 0.3) is 0 Å². The number of hydrogen-bond acceptors (Lipinski definition) is 6. The lowest BCUT2D eigenvalue weighted by Crippen LogP contribution is -2.43. The third-order valence-corrected chi connectivity index (χ3v) is 7.07. The minimum Gasteiger partial charge on any atom is -0.496 e. The number of piperidine rings is 1. The van der Waals surface area contributed by atoms with Gasteiger partial charge in [0.1, 0.15) is 5.75 Å². The molecule has 1 aliphatic rings. The third-order valence-electron chi connectivity index (χ3n) is 6.09. The number of ether oxygens (including phenoxy) is 1. The van der Waals surface area contributed by atoms with Gasteiger partial charge in [-0.3, -0.25) is 4.79 Å². The van der Waals surface area contributed by atoms with Gasteiger partial charge in [-0.2, -0.15) is 0 Å². The largest absolute Gasteiger partial charge is 0.496 e. The van der Waals surface area contributed by atoms with Crippen molar-refractivity contribution < 1.29 is 9.53 Å². The summed E-state index contributed by atoms with van der Waals surface area (Å²) >= 11 is 1.57. The van der Waals surface area contributed by atoms with E-state index < -0.39 is 0 Å². The zero-order valence-electron chi connectivity index (χ0n) is 18.8. The Bertz CT molecular complexity index is 1230. The van der Waals surface area contributed by atoms with Crippen LogP contribution in [-0.2, 0) is 11.3 Å². The van der Waals surface area contributed by atoms with Crippen molar-refractivity contribution in [3.63, 3.8) is 0 Å². The Labute approximate surface area is 197 Å². The number of amides is 1. The van der Waals surface area contributed by atoms with Crippen LogP contribution in [0.4, 0.5) is 5.13 Å². The molecule has 2 aromatic carbocycles. The topological polar surface area (TPSA) is 71.8 Å². The van der Waals surface area contributed by atoms with Gasteiger partial charge in [0, 0.05) is 30.8 Å². The van der Waals surface area contributed by atoms with Crippen LogP contribution < -0.4 is 15.0 Å². The molecule has 1 fully saturated rings. The molecule has 1 aliphatic heterocycles. The van der Waals surface area contributed by atoms with Gasteiger partial charge in [-0.25, -0.2) is 9.50 Å². The highest BCUT2D eigenvalue weighted by molar-refractivity contribution is 7.20. The molecule has 3 heterocycles. The van der Waals surface area contributed by atoms with Gasteiger partial charge in [0.05, 0.1) is 24.9 Å². The predicted molar refractivity (Wildman–Crippen MR) is 131 cm³/mol. The SMILES string of the molecule is COc1ccccc1CNC(=O)[C@H]1CCCN(c2nn3cc(-c4ccc(C)cc4)nc3s2)C1. The molecule has 1 atom stereocenters. The molecule has 0 unspecified atom stereocenters. The molecule has 4 aromatic rings. The van der Waals surface area contributed by atoms with E-state index in [0.717, 1.165) is 52.0 Å². The van der Waals surface area contributed by atoms with Crippen molar-refractivity contribution in [2.45, 2.75) is 26.3 Å². The minimum absolute atomic E-state index is 0.0622. The molecular weight excluding hydrogens is 434 g/mol. The molecule has 0 radical (unpaired) electrons. The zero-order chi connectivity index (χ0) is 22.8. The van der Waals surface area contributed by atoms with Gasteiger partial charge < -0.3 is 15.0 Å². The maximum Gasteiger partial charge on any atom is 0.225 e. The Balaban J connectivity index is 1.25. The number of hydrogen-bond donors (Lipinski definition) is 1. The Kier molecular flexibility index (Phi) is 6.00. The van der Waals surface area contributed by atoms with E-state index in [1.807, 2.05) is 35.0 Å². The number of anilines is 1. The number of nitrogens with zero attached hydrogens (tertiary/aromatic N) is 4. The first-order chi connectivity index (χ1) is 16.1. The van der Waals surface area contributed by atoms with Gasteiger partial charge in [0.2, 0.25) is 16.0 Å². The number of methoxy groups -OCH3 is 1. The monoisotopic (exact) mass is 461 g/mol. The van der Waals surface area contributed by atoms with Crippen LogP contribution in [0.25, 0.3) is 16.2 Å². The summed E-state index contributed by atoms with van der Waals surface area (Å²) in [6.07, 6.45) is 3.82. The van der Waals surface area contributed by atoms with E-state index in [4.69, 9.17) is 14.8 Å². The van der Waals surface area contributed by atoms with Crippen LogP contribution >= 0.6 is 11.3 Å². The van der Waals surface area contributed by atoms with Crippen molar-refractivity contribution in [2.24, 2.45) is 5.92 Å². The van der Waals surface area contributed by atoms with E-state index in [-0.39, 0.29) is 11.8 Å². The van der Waals surface area contributed by atoms with Crippen LogP contribution in [0.5, 0.6) is 5.75 Å². The van der Waals surface area contributed by atoms with Crippen LogP contribution in [0.15, 0.2) is 54.7 Å². The van der Waals surface area contributed by atoms with E-state index in [1.165, 1.54) is 5.56 Å². The van der Waals surface area contributed by atoms with Crippen molar-refractivity contribution in [3.05, 3.63) is 65.9 Å². The molecule has 170 valence electrons. The zero-order valence-corrected chi connectivity index (χ0v) is 19.6. The normalized spacial score (nSPS) is 16.2. The fourth-order valence-corrected chi connectivity index (χ4v) is 5.14. The Morgan fingerprint density at radius 1 is 1.21 bits per heavy atom. The summed E-state index contributed by atoms with van der Waals surface area (Å²) in [6.45, 7) is 4.11. The van der Waals surface area contributed by atoms with Crippen LogP contribution in [0, 0.1) is 12.8 Å². The molecule has 0 aliphatic carbocycles. The van der Waals surface area contributed by atoms with Crippen LogP contribution in [0.3, 0.4) is 0 Å². The van der Waals surface area contributed by atoms with Gasteiger partial charge >= 0.3 is 0 Å². The lowest BCUT2D eigenvalue weighted by atomic mass is 9.97. The maximum atomic E-state index is 12.9. The summed E-state index contributed by atoms with van der Waals surface area (Å²) in [5.41, 5.74) is 4.22. The lowest BCUT2D eigenvalue weighted by Gasteiger charge is -2.31. The second-order valence-electron chi connectivity index (χ2n) is 8.42. The molecular formula is C25H27N5O2S. The van der Waals surface area contributed by atoms with Gasteiger partial charge in [0.15, 0.2) is 0 Å². The fourth-order valence-electron chi connectivity index (χ4n) is 4.22. The van der Waals surface area contributed by atoms with Crippen LogP contribution in [0.2, 0.25) is 0 Å². The van der Waals surface area contributed by atoms with E-state index in [0.29, 0.717) is 13.1 Å². The molecule has 5 rings (SSSR count). The van der Waals surface area contributed by atoms with Crippen molar-refractivity contribution >= 4 is 27.3 Å². The molecule has 1 amide bonds. The first kappa shape index (κ1) is 21.5. The van der Waals surface area contributed by atoms with Crippen molar-refractivity contribution in [2.75, 3.05) is 25.1 Å². The highest BCUT2D eigenvalue weighted by Gasteiger charge is 2.28. The molecule has 33 heavy (non-hydrogen) atoms. The van der Waals surface area contributed by atoms with E-state index in [1.54, 1.807) is 18.4 Å². The standard InChI is InChI=1S/C25H27N5O2S/c1-17-9-11-18(12-10-17)21-16-30-24(27-21)33-25(28-30)29-13-5-7-20(15-29)23(31)26-14-19-6-3-4-8-22(19)32-2/h3-4,6,8-12,16,20H,5,7,13-15H2,1-2H3,(H,26,31)/t20-/m0/s1. The quantitative estimate of drug-likeness (QED) is 0.463. The molecule has 2 aromatic heterocycles. The van der Waals surface area contributed by atoms with E-state index in [2.05, 4.69) is 41.4 Å². The number of carbonyl (C=O) groups excluding carboxylic acids is 1. The van der Waals surface area contributed by atoms with Crippen molar-refractivity contribution in [3.8, 4) is 17.0 Å². The van der Waals surface area contributed by atoms with Crippen LogP contribution in [0.1, 0.15) is 24.0 Å². The number of carbonyl (C=O) groups is 1. The van der Waals surface area contributed by atoms with E-state index in [9.17, 15) is 4.79 Å². The Hall–Kier alpha value is -3.39. The molecule has 1 N–H and O–H groups in total. The summed E-state index contributed by atoms with van der Waals surface area (Å²) in [5.74, 6) is 0.806. The Morgan fingerprint density at radius 2 is 2.03 bits per heavy atom. The van der Waals surface area contributed by atoms with Crippen molar-refractivity contribution in [1.82, 2.24) is 19.9 Å². The molecule has 0 bridgehead atoms. The first-order valence-electron chi connectivity index (χ1n) is 11.2. The van der Waals surface area contributed by atoms with Gasteiger partial charge in [-0.1, -0.05) is 59.4 Å². The van der Waals surface area contributed by atoms with Gasteiger partial charge in [-0.05, 0) is 25.8 Å². The molecule has 0 spiro atoms. The summed E-state index contributed by atoms with van der Waals surface area (Å²) in [6, 6.07) is 16.1. The second kappa shape index (κ2) is 9.23. The maximum absolute atomic E-state index is 12.9. The fraction of sp³-hybridized carbons (Fsp3) is 0.320. The average molecular weight is 462 g/mol. The van der Waals surface area contributed by atoms with Gasteiger partial charge in [-0.15, -0.1) is 5.10 Å². The number of aromatic nitrogens is 3. The minimum atomic E-state index is -0.0622. The highest BCUT2D eigenvalue weighted by atomic mass is 32.1. The summed E-state index contributed by atoms with van der Waals surface area (Å²) in [5, 5.41) is 8.76. The molecule has 0 saturated carbocycles. The number of para-hydroxylation sites is 1. The van der Waals surface area contributed by atoms with Crippen LogP contribution in [-0.4, -0.2) is 40.7 Å². The summed E-state index contributed by atoms with van der Waals surface area (Å²) < 4.78 is 7.23. The molecule has 8 heteroatoms. The average Bonchev–Trinajstić information content (AvgIpc) is 3.43. The molecule has 1 saturated heterocycles. The second-order valence-corrected chi connectivity index (χ2v) is 9.35. The third kappa shape index (κ3) is 4.57. The summed E-state index contributed by atoms with van der Waals surface area (Å²) in [7, 11) is 1.65. The summed E-state index contributed by atoms with van der Waals surface area (Å²) in [4.78, 5) is 20.7. The smallest absolute Gasteiger partial charge is 0.225 e. The Morgan fingerprint density at radius 3 is 2.82 bits per heavy atom.